The Kier molecular flexibility index (Phi) is 4.66. The molecule has 1 aromatic rings. The minimum Gasteiger partial charge on any atom is -0.382 e. The van der Waals surface area contributed by atoms with Crippen molar-refractivity contribution in [2.24, 2.45) is 5.73 Å². The number of hydrogen-bond donors (Lipinski definition) is 3. The summed E-state index contributed by atoms with van der Waals surface area (Å²) >= 11 is 0. The van der Waals surface area contributed by atoms with E-state index in [4.69, 9.17) is 5.73 Å². The smallest absolute Gasteiger partial charge is 0.254 e. The van der Waals surface area contributed by atoms with E-state index in [1.807, 2.05) is 25.1 Å². The summed E-state index contributed by atoms with van der Waals surface area (Å²) in [6.45, 7) is 5.97. The number of aryl methyl sites for hydroxylation is 1. The van der Waals surface area contributed by atoms with Crippen molar-refractivity contribution in [2.75, 3.05) is 11.9 Å². The van der Waals surface area contributed by atoms with E-state index in [2.05, 4.69) is 19.2 Å². The van der Waals surface area contributed by atoms with E-state index in [1.165, 1.54) is 0 Å². The summed E-state index contributed by atoms with van der Waals surface area (Å²) in [5.41, 5.74) is 8.07. The minimum absolute atomic E-state index is 0.0747. The van der Waals surface area contributed by atoms with Crippen molar-refractivity contribution in [3.05, 3.63) is 29.3 Å². The van der Waals surface area contributed by atoms with Crippen LogP contribution in [-0.2, 0) is 4.79 Å². The Morgan fingerprint density at radius 2 is 2.12 bits per heavy atom. The lowest BCUT2D eigenvalue weighted by Gasteiger charge is -2.17. The molecule has 1 rings (SSSR count). The summed E-state index contributed by atoms with van der Waals surface area (Å²) < 4.78 is 0. The number of anilines is 1. The Labute approximate surface area is 102 Å². The van der Waals surface area contributed by atoms with Crippen molar-refractivity contribution in [3.63, 3.8) is 0 Å². The molecular formula is C13H20N2O2. The number of nitrogens with two attached hydrogens (primary N) is 1. The first-order chi connectivity index (χ1) is 7.97. The van der Waals surface area contributed by atoms with Crippen LogP contribution < -0.4 is 11.1 Å². The van der Waals surface area contributed by atoms with Crippen LogP contribution in [0.2, 0.25) is 0 Å². The summed E-state index contributed by atoms with van der Waals surface area (Å²) in [4.78, 5) is 11.6. The molecule has 0 saturated heterocycles. The average molecular weight is 236 g/mol. The number of carbonyl (C=O) groups excluding carboxylic acids is 1. The van der Waals surface area contributed by atoms with E-state index in [0.29, 0.717) is 5.92 Å². The Balaban J connectivity index is 3.01. The van der Waals surface area contributed by atoms with Crippen molar-refractivity contribution in [2.45, 2.75) is 32.8 Å². The first kappa shape index (κ1) is 13.7. The first-order valence-electron chi connectivity index (χ1n) is 5.75. The van der Waals surface area contributed by atoms with Gasteiger partial charge in [0, 0.05) is 12.2 Å². The van der Waals surface area contributed by atoms with Gasteiger partial charge in [-0.05, 0) is 24.0 Å². The summed E-state index contributed by atoms with van der Waals surface area (Å²) in [6, 6.07) is 5.86. The van der Waals surface area contributed by atoms with Gasteiger partial charge in [0.25, 0.3) is 5.91 Å². The van der Waals surface area contributed by atoms with E-state index in [0.717, 1.165) is 16.8 Å². The van der Waals surface area contributed by atoms with E-state index in [1.54, 1.807) is 0 Å². The maximum absolute atomic E-state index is 11.6. The normalized spacial score (nSPS) is 12.6. The number of amides is 1. The fourth-order valence-electron chi connectivity index (χ4n) is 1.66. The highest BCUT2D eigenvalue weighted by atomic mass is 16.3. The lowest BCUT2D eigenvalue weighted by molar-refractivity contribution is -0.123. The van der Waals surface area contributed by atoms with Crippen LogP contribution in [0.25, 0.3) is 0 Å². The molecule has 0 aliphatic heterocycles. The number of carbonyl (C=O) groups is 1. The second-order valence-corrected chi connectivity index (χ2v) is 4.43. The molecule has 17 heavy (non-hydrogen) atoms. The van der Waals surface area contributed by atoms with Crippen LogP contribution in [0.4, 0.5) is 5.69 Å². The third-order valence-corrected chi connectivity index (χ3v) is 2.70. The van der Waals surface area contributed by atoms with Gasteiger partial charge in [0.2, 0.25) is 0 Å². The number of nitrogens with one attached hydrogen (secondary N) is 1. The molecule has 0 fully saturated rings. The molecule has 0 saturated carbocycles. The van der Waals surface area contributed by atoms with E-state index in [9.17, 15) is 9.90 Å². The number of para-hydroxylation sites is 1. The fraction of sp³-hybridized carbons (Fsp3) is 0.462. The first-order valence-corrected chi connectivity index (χ1v) is 5.75. The zero-order valence-corrected chi connectivity index (χ0v) is 10.5. The van der Waals surface area contributed by atoms with Crippen LogP contribution in [0.3, 0.4) is 0 Å². The van der Waals surface area contributed by atoms with Crippen molar-refractivity contribution in [1.82, 2.24) is 0 Å². The Bertz CT molecular complexity index is 402. The average Bonchev–Trinajstić information content (AvgIpc) is 2.30. The van der Waals surface area contributed by atoms with Gasteiger partial charge in [-0.2, -0.15) is 0 Å². The molecule has 0 bridgehead atoms. The Morgan fingerprint density at radius 3 is 2.65 bits per heavy atom. The number of aliphatic hydroxyl groups excluding tert-OH is 1. The quantitative estimate of drug-likeness (QED) is 0.739. The van der Waals surface area contributed by atoms with Crippen LogP contribution in [0.15, 0.2) is 18.2 Å². The fourth-order valence-corrected chi connectivity index (χ4v) is 1.66. The van der Waals surface area contributed by atoms with Crippen molar-refractivity contribution >= 4 is 11.6 Å². The minimum atomic E-state index is -1.16. The number of benzene rings is 1. The summed E-state index contributed by atoms with van der Waals surface area (Å²) in [7, 11) is 0. The van der Waals surface area contributed by atoms with Crippen LogP contribution in [0.5, 0.6) is 0 Å². The highest BCUT2D eigenvalue weighted by molar-refractivity contribution is 5.95. The highest BCUT2D eigenvalue weighted by Crippen LogP contribution is 2.27. The molecule has 0 spiro atoms. The van der Waals surface area contributed by atoms with Gasteiger partial charge in [0.15, 0.2) is 0 Å². The van der Waals surface area contributed by atoms with Gasteiger partial charge in [-0.25, -0.2) is 0 Å². The lowest BCUT2D eigenvalue weighted by Crippen LogP contribution is -2.34. The summed E-state index contributed by atoms with van der Waals surface area (Å²) in [5.74, 6) is -0.149. The number of hydrogen-bond acceptors (Lipinski definition) is 3. The topological polar surface area (TPSA) is 75.3 Å². The van der Waals surface area contributed by atoms with Crippen molar-refractivity contribution in [3.8, 4) is 0 Å². The highest BCUT2D eigenvalue weighted by Gasteiger charge is 2.16. The molecule has 0 radical (unpaired) electrons. The molecule has 4 N–H and O–H groups in total. The Hall–Kier alpha value is -1.39. The summed E-state index contributed by atoms with van der Waals surface area (Å²) in [5, 5.41) is 12.1. The maximum Gasteiger partial charge on any atom is 0.254 e. The van der Waals surface area contributed by atoms with Gasteiger partial charge < -0.3 is 16.2 Å². The van der Waals surface area contributed by atoms with Crippen LogP contribution in [0.1, 0.15) is 30.9 Å². The molecule has 0 aliphatic carbocycles. The molecule has 1 atom stereocenters. The zero-order chi connectivity index (χ0) is 13.0. The standard InChI is InChI=1S/C13H20N2O2/c1-8(2)10-6-4-5-9(3)12(10)15-13(17)11(16)7-14/h4-6,8,11,16H,7,14H2,1-3H3,(H,15,17). The van der Waals surface area contributed by atoms with Crippen LogP contribution in [0, 0.1) is 6.92 Å². The monoisotopic (exact) mass is 236 g/mol. The lowest BCUT2D eigenvalue weighted by atomic mass is 9.98. The maximum atomic E-state index is 11.6. The molecule has 0 aromatic heterocycles. The SMILES string of the molecule is Cc1cccc(C(C)C)c1NC(=O)C(O)CN. The third-order valence-electron chi connectivity index (χ3n) is 2.70. The molecule has 94 valence electrons. The zero-order valence-electron chi connectivity index (χ0n) is 10.5. The Morgan fingerprint density at radius 1 is 1.47 bits per heavy atom. The van der Waals surface area contributed by atoms with Gasteiger partial charge in [-0.1, -0.05) is 32.0 Å². The van der Waals surface area contributed by atoms with Crippen molar-refractivity contribution < 1.29 is 9.90 Å². The molecular weight excluding hydrogens is 216 g/mol. The van der Waals surface area contributed by atoms with Gasteiger partial charge in [0.1, 0.15) is 6.10 Å². The van der Waals surface area contributed by atoms with Gasteiger partial charge in [-0.3, -0.25) is 4.79 Å². The van der Waals surface area contributed by atoms with E-state index >= 15 is 0 Å². The van der Waals surface area contributed by atoms with Crippen LogP contribution in [-0.4, -0.2) is 23.7 Å². The molecule has 1 unspecified atom stereocenters. The molecule has 4 heteroatoms. The van der Waals surface area contributed by atoms with Gasteiger partial charge in [0.05, 0.1) is 0 Å². The predicted octanol–water partition coefficient (Wildman–Crippen LogP) is 1.38. The third kappa shape index (κ3) is 3.28. The van der Waals surface area contributed by atoms with Gasteiger partial charge >= 0.3 is 0 Å². The van der Waals surface area contributed by atoms with Crippen molar-refractivity contribution in [1.29, 1.82) is 0 Å². The molecule has 4 nitrogen and oxygen atoms in total. The predicted molar refractivity (Wildman–Crippen MR) is 69.0 cm³/mol. The van der Waals surface area contributed by atoms with Crippen LogP contribution >= 0.6 is 0 Å². The largest absolute Gasteiger partial charge is 0.382 e. The second-order valence-electron chi connectivity index (χ2n) is 4.43. The second kappa shape index (κ2) is 5.80. The van der Waals surface area contributed by atoms with Gasteiger partial charge in [-0.15, -0.1) is 0 Å². The molecule has 1 aromatic carbocycles. The molecule has 0 aliphatic rings. The van der Waals surface area contributed by atoms with E-state index in [-0.39, 0.29) is 6.54 Å². The summed E-state index contributed by atoms with van der Waals surface area (Å²) in [6.07, 6.45) is -1.16. The molecule has 1 amide bonds. The number of rotatable bonds is 4. The molecule has 0 heterocycles. The van der Waals surface area contributed by atoms with E-state index < -0.39 is 12.0 Å². The number of aliphatic hydroxyl groups is 1.